The molecule has 0 bridgehead atoms. The van der Waals surface area contributed by atoms with Crippen LogP contribution in [0.3, 0.4) is 0 Å². The first-order valence-corrected chi connectivity index (χ1v) is 10.8. The molecule has 0 atom stereocenters. The highest BCUT2D eigenvalue weighted by molar-refractivity contribution is 9.11. The first-order valence-electron chi connectivity index (χ1n) is 8.83. The lowest BCUT2D eigenvalue weighted by Crippen LogP contribution is -2.07. The average Bonchev–Trinajstić information content (AvgIpc) is 3.10. The van der Waals surface area contributed by atoms with Gasteiger partial charge in [-0.2, -0.15) is 5.10 Å². The minimum absolute atomic E-state index is 0.111. The maximum absolute atomic E-state index is 12.9. The number of rotatable bonds is 2. The number of aryl methyl sites for hydroxylation is 1. The molecule has 3 aromatic heterocycles. The third kappa shape index (κ3) is 3.15. The van der Waals surface area contributed by atoms with Crippen molar-refractivity contribution in [3.63, 3.8) is 0 Å². The van der Waals surface area contributed by atoms with E-state index in [1.165, 1.54) is 4.68 Å². The Balaban J connectivity index is 1.81. The number of pyridine rings is 1. The summed E-state index contributed by atoms with van der Waals surface area (Å²) in [6, 6.07) is 13.0. The van der Waals surface area contributed by atoms with Gasteiger partial charge in [-0.25, -0.2) is 19.4 Å². The fraction of sp³-hybridized carbons (Fsp3) is 0.0476. The van der Waals surface area contributed by atoms with Crippen LogP contribution < -0.4 is 5.63 Å². The molecule has 148 valence electrons. The highest BCUT2D eigenvalue weighted by Gasteiger charge is 2.20. The van der Waals surface area contributed by atoms with Crippen molar-refractivity contribution in [3.8, 4) is 17.4 Å². The van der Waals surface area contributed by atoms with Crippen molar-refractivity contribution in [1.29, 1.82) is 0 Å². The molecule has 5 aromatic rings. The van der Waals surface area contributed by atoms with Gasteiger partial charge in [0.15, 0.2) is 5.82 Å². The van der Waals surface area contributed by atoms with Gasteiger partial charge in [0.2, 0.25) is 5.89 Å². The smallest absolute Gasteiger partial charge is 0.347 e. The van der Waals surface area contributed by atoms with Crippen molar-refractivity contribution in [3.05, 3.63) is 78.7 Å². The molecule has 0 aliphatic rings. The second-order valence-corrected chi connectivity index (χ2v) is 8.70. The number of hydrogen-bond donors (Lipinski definition) is 0. The van der Waals surface area contributed by atoms with E-state index in [-0.39, 0.29) is 5.89 Å². The summed E-state index contributed by atoms with van der Waals surface area (Å²) in [6.07, 6.45) is 1.61. The fourth-order valence-electron chi connectivity index (χ4n) is 3.31. The number of hydrogen-bond acceptors (Lipinski definition) is 5. The summed E-state index contributed by atoms with van der Waals surface area (Å²) in [7, 11) is 0. The zero-order valence-corrected chi connectivity index (χ0v) is 19.3. The van der Waals surface area contributed by atoms with Crippen LogP contribution in [-0.2, 0) is 0 Å². The summed E-state index contributed by atoms with van der Waals surface area (Å²) in [4.78, 5) is 21.8. The number of halogens is 3. The van der Waals surface area contributed by atoms with Crippen LogP contribution in [0, 0.1) is 6.92 Å². The fourth-order valence-corrected chi connectivity index (χ4v) is 4.55. The minimum Gasteiger partial charge on any atom is -0.401 e. The van der Waals surface area contributed by atoms with E-state index in [4.69, 9.17) is 16.0 Å². The summed E-state index contributed by atoms with van der Waals surface area (Å²) in [5.74, 6) is 0.511. The SMILES string of the molecule is Cc1ccc2c(Br)c3nc(-c4cc(Br)nn4-c4ncccc4Cl)oc(=O)c3cc2c1. The molecule has 0 unspecified atom stereocenters. The Labute approximate surface area is 191 Å². The summed E-state index contributed by atoms with van der Waals surface area (Å²) in [5.41, 5.74) is 1.56. The van der Waals surface area contributed by atoms with E-state index in [2.05, 4.69) is 46.9 Å². The average molecular weight is 547 g/mol. The first-order chi connectivity index (χ1) is 14.4. The van der Waals surface area contributed by atoms with Gasteiger partial charge in [0, 0.05) is 12.3 Å². The lowest BCUT2D eigenvalue weighted by molar-refractivity contribution is 0.513. The largest absolute Gasteiger partial charge is 0.401 e. The van der Waals surface area contributed by atoms with Crippen LogP contribution in [0.25, 0.3) is 39.1 Å². The van der Waals surface area contributed by atoms with Gasteiger partial charge in [-0.1, -0.05) is 35.4 Å². The van der Waals surface area contributed by atoms with E-state index < -0.39 is 5.63 Å². The van der Waals surface area contributed by atoms with Crippen molar-refractivity contribution in [2.75, 3.05) is 0 Å². The van der Waals surface area contributed by atoms with Gasteiger partial charge < -0.3 is 4.42 Å². The molecule has 0 N–H and O–H groups in total. The van der Waals surface area contributed by atoms with Crippen LogP contribution >= 0.6 is 43.5 Å². The molecular formula is C21H11Br2ClN4O2. The second kappa shape index (κ2) is 7.30. The molecule has 0 aliphatic heterocycles. The van der Waals surface area contributed by atoms with Crippen LogP contribution in [0.1, 0.15) is 5.56 Å². The monoisotopic (exact) mass is 544 g/mol. The predicted molar refractivity (Wildman–Crippen MR) is 123 cm³/mol. The lowest BCUT2D eigenvalue weighted by atomic mass is 10.1. The van der Waals surface area contributed by atoms with Crippen molar-refractivity contribution >= 4 is 65.1 Å². The standard InChI is InChI=1S/C21H11Br2ClN4O2/c1-10-4-5-12-11(7-10)8-13-18(17(12)23)26-20(30-21(13)29)15-9-16(22)27-28(15)19-14(24)3-2-6-25-19/h2-9H,1H3. The normalized spacial score (nSPS) is 11.5. The Kier molecular flexibility index (Phi) is 4.72. The van der Waals surface area contributed by atoms with Gasteiger partial charge in [0.1, 0.15) is 10.3 Å². The molecule has 6 nitrogen and oxygen atoms in total. The quantitative estimate of drug-likeness (QED) is 0.251. The summed E-state index contributed by atoms with van der Waals surface area (Å²) < 4.78 is 8.33. The third-order valence-electron chi connectivity index (χ3n) is 4.67. The first kappa shape index (κ1) is 19.4. The number of fused-ring (bicyclic) bond motifs is 2. The zero-order chi connectivity index (χ0) is 21.0. The van der Waals surface area contributed by atoms with E-state index >= 15 is 0 Å². The number of nitrogens with zero attached hydrogens (tertiary/aromatic N) is 4. The Morgan fingerprint density at radius 1 is 1.10 bits per heavy atom. The Morgan fingerprint density at radius 2 is 1.93 bits per heavy atom. The topological polar surface area (TPSA) is 73.8 Å². The van der Waals surface area contributed by atoms with Crippen molar-refractivity contribution in [1.82, 2.24) is 19.7 Å². The second-order valence-electron chi connectivity index (χ2n) is 6.69. The molecular weight excluding hydrogens is 536 g/mol. The summed E-state index contributed by atoms with van der Waals surface area (Å²) in [5, 5.41) is 7.07. The molecule has 0 radical (unpaired) electrons. The molecule has 30 heavy (non-hydrogen) atoms. The maximum Gasteiger partial charge on any atom is 0.347 e. The van der Waals surface area contributed by atoms with Crippen LogP contribution in [-0.4, -0.2) is 19.7 Å². The van der Waals surface area contributed by atoms with Crippen LogP contribution in [0.2, 0.25) is 5.02 Å². The van der Waals surface area contributed by atoms with Gasteiger partial charge in [-0.3, -0.25) is 0 Å². The van der Waals surface area contributed by atoms with Crippen molar-refractivity contribution in [2.24, 2.45) is 0 Å². The van der Waals surface area contributed by atoms with Crippen LogP contribution in [0.15, 0.2) is 66.9 Å². The van der Waals surface area contributed by atoms with Crippen LogP contribution in [0.4, 0.5) is 0 Å². The number of aromatic nitrogens is 4. The molecule has 9 heteroatoms. The molecule has 0 aliphatic carbocycles. The van der Waals surface area contributed by atoms with E-state index in [0.717, 1.165) is 20.8 Å². The minimum atomic E-state index is -0.491. The van der Waals surface area contributed by atoms with Crippen molar-refractivity contribution < 1.29 is 4.42 Å². The third-order valence-corrected chi connectivity index (χ3v) is 6.15. The summed E-state index contributed by atoms with van der Waals surface area (Å²) >= 11 is 13.3. The van der Waals surface area contributed by atoms with E-state index in [9.17, 15) is 4.79 Å². The maximum atomic E-state index is 12.9. The van der Waals surface area contributed by atoms with E-state index in [0.29, 0.717) is 32.0 Å². The molecule has 0 fully saturated rings. The van der Waals surface area contributed by atoms with Gasteiger partial charge in [0.05, 0.1) is 20.4 Å². The van der Waals surface area contributed by atoms with Crippen molar-refractivity contribution in [2.45, 2.75) is 6.92 Å². The lowest BCUT2D eigenvalue weighted by Gasteiger charge is -2.09. The Bertz CT molecular complexity index is 1530. The predicted octanol–water partition coefficient (Wildman–Crippen LogP) is 6.08. The molecule has 5 rings (SSSR count). The Morgan fingerprint density at radius 3 is 2.73 bits per heavy atom. The molecule has 2 aromatic carbocycles. The van der Waals surface area contributed by atoms with E-state index in [1.54, 1.807) is 30.5 Å². The number of benzene rings is 2. The molecule has 0 saturated heterocycles. The van der Waals surface area contributed by atoms with Gasteiger partial charge in [-0.05, 0) is 67.8 Å². The Hall–Kier alpha value is -2.55. The molecule has 0 saturated carbocycles. The van der Waals surface area contributed by atoms with E-state index in [1.807, 2.05) is 25.1 Å². The zero-order valence-electron chi connectivity index (χ0n) is 15.4. The highest BCUT2D eigenvalue weighted by Crippen LogP contribution is 2.33. The molecule has 3 heterocycles. The molecule has 0 spiro atoms. The summed E-state index contributed by atoms with van der Waals surface area (Å²) in [6.45, 7) is 2.00. The van der Waals surface area contributed by atoms with Gasteiger partial charge in [-0.15, -0.1) is 0 Å². The molecule has 0 amide bonds. The van der Waals surface area contributed by atoms with Gasteiger partial charge in [0.25, 0.3) is 0 Å². The highest BCUT2D eigenvalue weighted by atomic mass is 79.9. The van der Waals surface area contributed by atoms with Crippen LogP contribution in [0.5, 0.6) is 0 Å². The van der Waals surface area contributed by atoms with Gasteiger partial charge >= 0.3 is 5.63 Å².